The van der Waals surface area contributed by atoms with Crippen LogP contribution in [0.3, 0.4) is 0 Å². The first kappa shape index (κ1) is 21.7. The van der Waals surface area contributed by atoms with Crippen LogP contribution in [0, 0.1) is 11.2 Å². The number of benzene rings is 2. The lowest BCUT2D eigenvalue weighted by Gasteiger charge is -2.69. The molecule has 0 heterocycles. The molecular formula is C21H20Cl3FN2O3. The van der Waals surface area contributed by atoms with E-state index in [9.17, 15) is 14.3 Å². The zero-order valence-corrected chi connectivity index (χ0v) is 18.1. The van der Waals surface area contributed by atoms with Gasteiger partial charge in [-0.05, 0) is 43.5 Å². The van der Waals surface area contributed by atoms with Crippen LogP contribution in [0.25, 0.3) is 0 Å². The van der Waals surface area contributed by atoms with Crippen molar-refractivity contribution in [2.45, 2.75) is 37.6 Å². The zero-order valence-electron chi connectivity index (χ0n) is 15.9. The van der Waals surface area contributed by atoms with Gasteiger partial charge in [-0.2, -0.15) is 0 Å². The van der Waals surface area contributed by atoms with Crippen LogP contribution < -0.4 is 15.4 Å². The van der Waals surface area contributed by atoms with Crippen molar-refractivity contribution >= 4 is 40.7 Å². The van der Waals surface area contributed by atoms with Crippen LogP contribution in [0.1, 0.15) is 24.8 Å². The van der Waals surface area contributed by atoms with Crippen molar-refractivity contribution in [1.82, 2.24) is 10.6 Å². The van der Waals surface area contributed by atoms with E-state index < -0.39 is 17.5 Å². The SMILES string of the molecule is O=C(NCc1c(Cl)cccc1Cl)C12CC(NC(O)COc3ccc(Cl)c(F)c3)(C1)C2. The maximum absolute atomic E-state index is 13.4. The van der Waals surface area contributed by atoms with Crippen molar-refractivity contribution in [2.75, 3.05) is 6.61 Å². The van der Waals surface area contributed by atoms with Crippen LogP contribution in [0.2, 0.25) is 15.1 Å². The molecule has 160 valence electrons. The van der Waals surface area contributed by atoms with E-state index in [0.717, 1.165) is 0 Å². The van der Waals surface area contributed by atoms with E-state index in [0.29, 0.717) is 34.9 Å². The number of hydrogen-bond acceptors (Lipinski definition) is 4. The van der Waals surface area contributed by atoms with Gasteiger partial charge in [-0.3, -0.25) is 10.1 Å². The Bertz CT molecular complexity index is 948. The molecule has 0 spiro atoms. The normalized spacial score (nSPS) is 25.1. The summed E-state index contributed by atoms with van der Waals surface area (Å²) in [6, 6.07) is 9.31. The molecular weight excluding hydrogens is 454 g/mol. The summed E-state index contributed by atoms with van der Waals surface area (Å²) in [7, 11) is 0. The largest absolute Gasteiger partial charge is 0.489 e. The summed E-state index contributed by atoms with van der Waals surface area (Å²) in [5.74, 6) is -0.337. The molecule has 5 rings (SSSR count). The van der Waals surface area contributed by atoms with Crippen LogP contribution >= 0.6 is 34.8 Å². The van der Waals surface area contributed by atoms with Gasteiger partial charge in [-0.25, -0.2) is 4.39 Å². The van der Waals surface area contributed by atoms with Crippen molar-refractivity contribution < 1.29 is 19.0 Å². The van der Waals surface area contributed by atoms with Gasteiger partial charge in [-0.1, -0.05) is 40.9 Å². The fraction of sp³-hybridized carbons (Fsp3) is 0.381. The lowest BCUT2D eigenvalue weighted by molar-refractivity contribution is -0.190. The molecule has 3 N–H and O–H groups in total. The Kier molecular flexibility index (Phi) is 5.90. The van der Waals surface area contributed by atoms with E-state index in [1.165, 1.54) is 18.2 Å². The number of rotatable bonds is 8. The average molecular weight is 474 g/mol. The number of amides is 1. The summed E-state index contributed by atoms with van der Waals surface area (Å²) in [6.45, 7) is 0.223. The number of hydrogen-bond donors (Lipinski definition) is 3. The standard InChI is InChI=1S/C21H20Cl3FN2O3/c22-14-2-1-3-15(23)13(14)7-26-19(29)20-9-21(10-20,11-20)27-18(28)8-30-12-4-5-16(24)17(25)6-12/h1-6,18,27-28H,7-11H2,(H,26,29). The predicted octanol–water partition coefficient (Wildman–Crippen LogP) is 4.31. The first-order valence-electron chi connectivity index (χ1n) is 9.47. The third kappa shape index (κ3) is 4.12. The minimum absolute atomic E-state index is 0.00951. The Labute approximate surface area is 188 Å². The summed E-state index contributed by atoms with van der Waals surface area (Å²) in [5, 5.41) is 17.3. The number of aliphatic hydroxyl groups excluding tert-OH is 1. The zero-order chi connectivity index (χ0) is 21.5. The van der Waals surface area contributed by atoms with Gasteiger partial charge in [0.2, 0.25) is 5.91 Å². The second-order valence-corrected chi connectivity index (χ2v) is 9.24. The Morgan fingerprint density at radius 2 is 1.80 bits per heavy atom. The molecule has 30 heavy (non-hydrogen) atoms. The van der Waals surface area contributed by atoms with Gasteiger partial charge >= 0.3 is 0 Å². The van der Waals surface area contributed by atoms with E-state index in [1.54, 1.807) is 18.2 Å². The monoisotopic (exact) mass is 472 g/mol. The first-order chi connectivity index (χ1) is 14.2. The quantitative estimate of drug-likeness (QED) is 0.500. The maximum Gasteiger partial charge on any atom is 0.226 e. The summed E-state index contributed by atoms with van der Waals surface area (Å²) in [5.41, 5.74) is 0.00779. The molecule has 2 aromatic carbocycles. The van der Waals surface area contributed by atoms with E-state index >= 15 is 0 Å². The van der Waals surface area contributed by atoms with Gasteiger partial charge in [0.25, 0.3) is 0 Å². The van der Waals surface area contributed by atoms with Gasteiger partial charge in [-0.15, -0.1) is 0 Å². The van der Waals surface area contributed by atoms with Gasteiger partial charge in [0, 0.05) is 33.8 Å². The van der Waals surface area contributed by atoms with Crippen molar-refractivity contribution in [1.29, 1.82) is 0 Å². The molecule has 2 bridgehead atoms. The molecule has 9 heteroatoms. The number of carbonyl (C=O) groups is 1. The predicted molar refractivity (Wildman–Crippen MR) is 113 cm³/mol. The second kappa shape index (κ2) is 8.17. The number of carbonyl (C=O) groups excluding carboxylic acids is 1. The van der Waals surface area contributed by atoms with Crippen LogP contribution in [-0.2, 0) is 11.3 Å². The fourth-order valence-electron chi connectivity index (χ4n) is 4.38. The van der Waals surface area contributed by atoms with Crippen LogP contribution in [0.5, 0.6) is 5.75 Å². The molecule has 0 aromatic heterocycles. The molecule has 2 aromatic rings. The summed E-state index contributed by atoms with van der Waals surface area (Å²) in [6.07, 6.45) is 0.963. The summed E-state index contributed by atoms with van der Waals surface area (Å²) >= 11 is 17.9. The summed E-state index contributed by atoms with van der Waals surface area (Å²) in [4.78, 5) is 12.6. The first-order valence-corrected chi connectivity index (χ1v) is 10.6. The molecule has 3 saturated carbocycles. The van der Waals surface area contributed by atoms with Gasteiger partial charge in [0.15, 0.2) is 0 Å². The molecule has 0 aliphatic heterocycles. The smallest absolute Gasteiger partial charge is 0.226 e. The Morgan fingerprint density at radius 1 is 1.13 bits per heavy atom. The molecule has 1 unspecified atom stereocenters. The second-order valence-electron chi connectivity index (χ2n) is 8.02. The maximum atomic E-state index is 13.4. The van der Waals surface area contributed by atoms with Crippen LogP contribution in [-0.4, -0.2) is 29.4 Å². The number of nitrogens with one attached hydrogen (secondary N) is 2. The van der Waals surface area contributed by atoms with E-state index in [1.807, 2.05) is 0 Å². The van der Waals surface area contributed by atoms with Crippen molar-refractivity contribution in [2.24, 2.45) is 5.41 Å². The Morgan fingerprint density at radius 3 is 2.43 bits per heavy atom. The highest BCUT2D eigenvalue weighted by Gasteiger charge is 2.71. The van der Waals surface area contributed by atoms with Crippen molar-refractivity contribution in [3.8, 4) is 5.75 Å². The third-order valence-electron chi connectivity index (χ3n) is 5.77. The molecule has 0 radical (unpaired) electrons. The lowest BCUT2D eigenvalue weighted by atomic mass is 9.39. The number of ether oxygens (including phenoxy) is 1. The molecule has 1 amide bonds. The number of aliphatic hydroxyl groups is 1. The van der Waals surface area contributed by atoms with E-state index in [-0.39, 0.29) is 35.4 Å². The molecule has 5 nitrogen and oxygen atoms in total. The average Bonchev–Trinajstić information content (AvgIpc) is 2.64. The molecule has 3 fully saturated rings. The highest BCUT2D eigenvalue weighted by molar-refractivity contribution is 6.36. The van der Waals surface area contributed by atoms with E-state index in [4.69, 9.17) is 39.5 Å². The molecule has 3 aliphatic rings. The van der Waals surface area contributed by atoms with Gasteiger partial charge in [0.1, 0.15) is 24.4 Å². The molecule has 0 saturated heterocycles. The fourth-order valence-corrected chi connectivity index (χ4v) is 5.02. The van der Waals surface area contributed by atoms with Gasteiger partial charge < -0.3 is 15.2 Å². The highest BCUT2D eigenvalue weighted by atomic mass is 35.5. The summed E-state index contributed by atoms with van der Waals surface area (Å²) < 4.78 is 18.8. The Balaban J connectivity index is 1.23. The van der Waals surface area contributed by atoms with Crippen molar-refractivity contribution in [3.05, 3.63) is 62.8 Å². The highest BCUT2D eigenvalue weighted by Crippen LogP contribution is 2.67. The van der Waals surface area contributed by atoms with Crippen LogP contribution in [0.15, 0.2) is 36.4 Å². The van der Waals surface area contributed by atoms with E-state index in [2.05, 4.69) is 10.6 Å². The lowest BCUT2D eigenvalue weighted by Crippen LogP contribution is -2.79. The topological polar surface area (TPSA) is 70.6 Å². The Hall–Kier alpha value is -1.57. The van der Waals surface area contributed by atoms with Gasteiger partial charge in [0.05, 0.1) is 10.4 Å². The van der Waals surface area contributed by atoms with Crippen LogP contribution in [0.4, 0.5) is 4.39 Å². The molecule has 1 atom stereocenters. The number of halogens is 4. The molecule has 3 aliphatic carbocycles. The third-order valence-corrected chi connectivity index (χ3v) is 6.79. The van der Waals surface area contributed by atoms with Crippen molar-refractivity contribution in [3.63, 3.8) is 0 Å². The minimum Gasteiger partial charge on any atom is -0.489 e. The minimum atomic E-state index is -0.938.